The van der Waals surface area contributed by atoms with Crippen molar-refractivity contribution in [1.29, 1.82) is 0 Å². The summed E-state index contributed by atoms with van der Waals surface area (Å²) in [5, 5.41) is 3.37. The van der Waals surface area contributed by atoms with E-state index in [1.807, 2.05) is 17.9 Å². The average Bonchev–Trinajstić information content (AvgIpc) is 3.47. The molecule has 2 aromatic rings. The number of nitrogens with zero attached hydrogens (tertiary/aromatic N) is 4. The molecule has 3 aliphatic rings. The Labute approximate surface area is 188 Å². The van der Waals surface area contributed by atoms with Gasteiger partial charge in [0, 0.05) is 56.1 Å². The summed E-state index contributed by atoms with van der Waals surface area (Å²) in [6.45, 7) is 6.34. The van der Waals surface area contributed by atoms with Crippen molar-refractivity contribution >= 4 is 11.6 Å². The van der Waals surface area contributed by atoms with E-state index < -0.39 is 0 Å². The van der Waals surface area contributed by atoms with Crippen LogP contribution in [0.4, 0.5) is 0 Å². The molecule has 0 bridgehead atoms. The van der Waals surface area contributed by atoms with Gasteiger partial charge in [0.05, 0.1) is 11.7 Å². The van der Waals surface area contributed by atoms with Gasteiger partial charge in [-0.3, -0.25) is 19.6 Å². The van der Waals surface area contributed by atoms with Gasteiger partial charge >= 0.3 is 0 Å². The van der Waals surface area contributed by atoms with Gasteiger partial charge in [0.25, 0.3) is 5.56 Å². The third-order valence-corrected chi connectivity index (χ3v) is 7.55. The van der Waals surface area contributed by atoms with Gasteiger partial charge in [-0.1, -0.05) is 0 Å². The van der Waals surface area contributed by atoms with E-state index >= 15 is 0 Å². The molecule has 0 spiro atoms. The third kappa shape index (κ3) is 4.22. The Morgan fingerprint density at radius 1 is 1.12 bits per heavy atom. The highest BCUT2D eigenvalue weighted by molar-refractivity contribution is 5.76. The number of rotatable bonds is 5. The Balaban J connectivity index is 1.35. The Morgan fingerprint density at radius 2 is 1.91 bits per heavy atom. The summed E-state index contributed by atoms with van der Waals surface area (Å²) >= 11 is 0. The Kier molecular flexibility index (Phi) is 6.33. The molecule has 8 heteroatoms. The molecule has 174 valence electrons. The number of hydrogen-bond acceptors (Lipinski definition) is 5. The number of carbonyl (C=O) groups excluding carboxylic acids is 1. The maximum Gasteiger partial charge on any atom is 0.276 e. The fourth-order valence-electron chi connectivity index (χ4n) is 5.76. The minimum atomic E-state index is -0.0687. The highest BCUT2D eigenvalue weighted by Gasteiger charge is 2.34. The largest absolute Gasteiger partial charge is 0.381 e. The van der Waals surface area contributed by atoms with Gasteiger partial charge in [0.2, 0.25) is 5.91 Å². The van der Waals surface area contributed by atoms with Crippen molar-refractivity contribution in [3.63, 3.8) is 0 Å². The number of aromatic nitrogens is 3. The number of fused-ring (bicyclic) bond motifs is 1. The predicted octanol–water partition coefficient (Wildman–Crippen LogP) is 2.59. The second-order valence-electron chi connectivity index (χ2n) is 9.57. The SMILES string of the molecule is Cc1nc2cc([C@H]3CCCN3C3CCOCC3)[nH]n2c(=O)c1CCC(=O)N1CCCCC1. The van der Waals surface area contributed by atoms with E-state index in [4.69, 9.17) is 9.72 Å². The number of H-pyrrole nitrogens is 1. The van der Waals surface area contributed by atoms with Gasteiger partial charge in [-0.2, -0.15) is 0 Å². The average molecular weight is 442 g/mol. The fraction of sp³-hybridized carbons (Fsp3) is 0.708. The number of aromatic amines is 1. The molecular formula is C24H35N5O3. The van der Waals surface area contributed by atoms with E-state index in [0.717, 1.165) is 76.3 Å². The van der Waals surface area contributed by atoms with Crippen LogP contribution in [0, 0.1) is 6.92 Å². The molecule has 5 rings (SSSR count). The first-order valence-corrected chi connectivity index (χ1v) is 12.3. The normalized spacial score (nSPS) is 23.3. The third-order valence-electron chi connectivity index (χ3n) is 7.55. The van der Waals surface area contributed by atoms with Crippen LogP contribution in [0.5, 0.6) is 0 Å². The predicted molar refractivity (Wildman–Crippen MR) is 122 cm³/mol. The van der Waals surface area contributed by atoms with Gasteiger partial charge in [0.1, 0.15) is 0 Å². The van der Waals surface area contributed by atoms with Gasteiger partial charge in [-0.25, -0.2) is 9.50 Å². The molecule has 1 amide bonds. The monoisotopic (exact) mass is 441 g/mol. The second kappa shape index (κ2) is 9.35. The standard InChI is InChI=1S/C24H35N5O3/c1-17-19(7-8-23(30)27-11-3-2-4-12-27)24(31)29-22(25-17)16-20(26-29)21-6-5-13-28(21)18-9-14-32-15-10-18/h16,18,21,26H,2-15H2,1H3/t21-/m1/s1. The summed E-state index contributed by atoms with van der Waals surface area (Å²) in [6, 6.07) is 2.88. The second-order valence-corrected chi connectivity index (χ2v) is 9.57. The number of ether oxygens (including phenoxy) is 1. The van der Waals surface area contributed by atoms with Crippen LogP contribution in [-0.4, -0.2) is 69.2 Å². The summed E-state index contributed by atoms with van der Waals surface area (Å²) < 4.78 is 7.14. The smallest absolute Gasteiger partial charge is 0.276 e. The van der Waals surface area contributed by atoms with E-state index in [0.29, 0.717) is 36.1 Å². The van der Waals surface area contributed by atoms with E-state index in [1.165, 1.54) is 12.8 Å². The fourth-order valence-corrected chi connectivity index (χ4v) is 5.76. The maximum atomic E-state index is 13.3. The van der Waals surface area contributed by atoms with Crippen LogP contribution in [0.2, 0.25) is 0 Å². The minimum absolute atomic E-state index is 0.0687. The van der Waals surface area contributed by atoms with Crippen LogP contribution in [-0.2, 0) is 16.0 Å². The molecule has 0 radical (unpaired) electrons. The minimum Gasteiger partial charge on any atom is -0.381 e. The van der Waals surface area contributed by atoms with Gasteiger partial charge < -0.3 is 9.64 Å². The Bertz CT molecular complexity index is 1020. The lowest BCUT2D eigenvalue weighted by atomic mass is 10.0. The van der Waals surface area contributed by atoms with Crippen LogP contribution < -0.4 is 5.56 Å². The van der Waals surface area contributed by atoms with E-state index in [2.05, 4.69) is 10.00 Å². The molecular weight excluding hydrogens is 406 g/mol. The van der Waals surface area contributed by atoms with Crippen LogP contribution in [0.1, 0.15) is 74.4 Å². The number of aryl methyl sites for hydroxylation is 1. The zero-order valence-electron chi connectivity index (χ0n) is 19.1. The Morgan fingerprint density at radius 3 is 2.69 bits per heavy atom. The lowest BCUT2D eigenvalue weighted by Gasteiger charge is -2.35. The number of piperidine rings is 1. The van der Waals surface area contributed by atoms with Crippen molar-refractivity contribution in [3.05, 3.63) is 33.4 Å². The summed E-state index contributed by atoms with van der Waals surface area (Å²) in [7, 11) is 0. The first-order chi connectivity index (χ1) is 15.6. The Hall–Kier alpha value is -2.19. The van der Waals surface area contributed by atoms with Gasteiger partial charge in [-0.05, 0) is 64.8 Å². The van der Waals surface area contributed by atoms with E-state index in [1.54, 1.807) is 4.52 Å². The molecule has 3 aliphatic heterocycles. The molecule has 8 nitrogen and oxygen atoms in total. The number of amides is 1. The molecule has 2 aromatic heterocycles. The van der Waals surface area contributed by atoms with Crippen LogP contribution in [0.25, 0.3) is 5.65 Å². The van der Waals surface area contributed by atoms with Crippen molar-refractivity contribution in [2.75, 3.05) is 32.8 Å². The molecule has 5 heterocycles. The number of likely N-dealkylation sites (tertiary alicyclic amines) is 2. The highest BCUT2D eigenvalue weighted by Crippen LogP contribution is 2.35. The lowest BCUT2D eigenvalue weighted by molar-refractivity contribution is -0.132. The molecule has 3 fully saturated rings. The molecule has 0 aromatic carbocycles. The quantitative estimate of drug-likeness (QED) is 0.771. The van der Waals surface area contributed by atoms with Crippen molar-refractivity contribution in [2.45, 2.75) is 76.8 Å². The van der Waals surface area contributed by atoms with E-state index in [-0.39, 0.29) is 11.5 Å². The maximum absolute atomic E-state index is 13.3. The number of hydrogen-bond donors (Lipinski definition) is 1. The van der Waals surface area contributed by atoms with Crippen LogP contribution in [0.15, 0.2) is 10.9 Å². The van der Waals surface area contributed by atoms with Crippen molar-refractivity contribution in [2.24, 2.45) is 0 Å². The topological polar surface area (TPSA) is 82.9 Å². The molecule has 3 saturated heterocycles. The number of carbonyl (C=O) groups is 1. The van der Waals surface area contributed by atoms with Crippen molar-refractivity contribution in [3.8, 4) is 0 Å². The van der Waals surface area contributed by atoms with E-state index in [9.17, 15) is 9.59 Å². The molecule has 0 unspecified atom stereocenters. The van der Waals surface area contributed by atoms with Crippen molar-refractivity contribution < 1.29 is 9.53 Å². The van der Waals surface area contributed by atoms with Gasteiger partial charge in [0.15, 0.2) is 5.65 Å². The van der Waals surface area contributed by atoms with Crippen LogP contribution in [0.3, 0.4) is 0 Å². The number of nitrogens with one attached hydrogen (secondary N) is 1. The summed E-state index contributed by atoms with van der Waals surface area (Å²) in [5.74, 6) is 0.152. The molecule has 0 saturated carbocycles. The zero-order valence-corrected chi connectivity index (χ0v) is 19.1. The summed E-state index contributed by atoms with van der Waals surface area (Å²) in [6.07, 6.45) is 8.59. The lowest BCUT2D eigenvalue weighted by Crippen LogP contribution is -2.39. The first-order valence-electron chi connectivity index (χ1n) is 12.3. The molecule has 32 heavy (non-hydrogen) atoms. The molecule has 1 N–H and O–H groups in total. The molecule has 0 aliphatic carbocycles. The van der Waals surface area contributed by atoms with Crippen molar-refractivity contribution in [1.82, 2.24) is 24.4 Å². The van der Waals surface area contributed by atoms with Gasteiger partial charge in [-0.15, -0.1) is 0 Å². The highest BCUT2D eigenvalue weighted by atomic mass is 16.5. The first kappa shape index (κ1) is 21.6. The van der Waals surface area contributed by atoms with Crippen LogP contribution >= 0.6 is 0 Å². The summed E-state index contributed by atoms with van der Waals surface area (Å²) in [5.41, 5.74) is 3.06. The molecule has 1 atom stereocenters. The summed E-state index contributed by atoms with van der Waals surface area (Å²) in [4.78, 5) is 35.1. The zero-order chi connectivity index (χ0) is 22.1.